The SMILES string of the molecule is Cl.O=C(NCCCS(=O)(=O)c1ccccc1)C1CCNC1. The third-order valence-electron chi connectivity index (χ3n) is 3.42. The average molecular weight is 333 g/mol. The lowest BCUT2D eigenvalue weighted by molar-refractivity contribution is -0.124. The summed E-state index contributed by atoms with van der Waals surface area (Å²) in [5.41, 5.74) is 0. The monoisotopic (exact) mass is 332 g/mol. The quantitative estimate of drug-likeness (QED) is 0.762. The van der Waals surface area contributed by atoms with E-state index in [-0.39, 0.29) is 30.0 Å². The third-order valence-corrected chi connectivity index (χ3v) is 5.24. The van der Waals surface area contributed by atoms with Crippen LogP contribution in [0, 0.1) is 5.92 Å². The molecule has 1 fully saturated rings. The van der Waals surface area contributed by atoms with E-state index in [2.05, 4.69) is 10.6 Å². The maximum Gasteiger partial charge on any atom is 0.224 e. The van der Waals surface area contributed by atoms with Gasteiger partial charge in [-0.05, 0) is 31.5 Å². The summed E-state index contributed by atoms with van der Waals surface area (Å²) in [5.74, 6) is 0.105. The van der Waals surface area contributed by atoms with E-state index >= 15 is 0 Å². The summed E-state index contributed by atoms with van der Waals surface area (Å²) in [7, 11) is -3.24. The van der Waals surface area contributed by atoms with Crippen LogP contribution in [0.4, 0.5) is 0 Å². The third kappa shape index (κ3) is 5.30. The molecule has 7 heteroatoms. The van der Waals surface area contributed by atoms with E-state index in [1.165, 1.54) is 0 Å². The van der Waals surface area contributed by atoms with Crippen molar-refractivity contribution in [2.24, 2.45) is 5.92 Å². The van der Waals surface area contributed by atoms with Crippen LogP contribution < -0.4 is 10.6 Å². The first-order chi connectivity index (χ1) is 9.59. The number of hydrogen-bond donors (Lipinski definition) is 2. The minimum atomic E-state index is -3.24. The zero-order valence-corrected chi connectivity index (χ0v) is 13.4. The van der Waals surface area contributed by atoms with Gasteiger partial charge in [-0.1, -0.05) is 18.2 Å². The van der Waals surface area contributed by atoms with Gasteiger partial charge in [0.15, 0.2) is 9.84 Å². The molecule has 2 N–H and O–H groups in total. The number of carbonyl (C=O) groups excluding carboxylic acids is 1. The highest BCUT2D eigenvalue weighted by Gasteiger charge is 2.22. The van der Waals surface area contributed by atoms with Crippen molar-refractivity contribution in [1.29, 1.82) is 0 Å². The Balaban J connectivity index is 0.00000220. The first-order valence-corrected chi connectivity index (χ1v) is 8.51. The molecule has 1 amide bonds. The van der Waals surface area contributed by atoms with Gasteiger partial charge in [0.05, 0.1) is 16.6 Å². The average Bonchev–Trinajstić information content (AvgIpc) is 2.98. The van der Waals surface area contributed by atoms with Crippen LogP contribution in [0.2, 0.25) is 0 Å². The summed E-state index contributed by atoms with van der Waals surface area (Å²) >= 11 is 0. The highest BCUT2D eigenvalue weighted by Crippen LogP contribution is 2.11. The fourth-order valence-corrected chi connectivity index (χ4v) is 3.57. The first-order valence-electron chi connectivity index (χ1n) is 6.86. The maximum atomic E-state index is 12.0. The molecule has 0 aromatic heterocycles. The fourth-order valence-electron chi connectivity index (χ4n) is 2.24. The van der Waals surface area contributed by atoms with Crippen LogP contribution in [0.5, 0.6) is 0 Å². The van der Waals surface area contributed by atoms with Gasteiger partial charge in [0, 0.05) is 13.1 Å². The molecule has 2 rings (SSSR count). The standard InChI is InChI=1S/C14H20N2O3S.ClH/c17-14(12-7-9-15-11-12)16-8-4-10-20(18,19)13-5-2-1-3-6-13;/h1-3,5-6,12,15H,4,7-11H2,(H,16,17);1H. The van der Waals surface area contributed by atoms with E-state index in [0.29, 0.717) is 24.4 Å². The van der Waals surface area contributed by atoms with Crippen LogP contribution in [-0.4, -0.2) is 39.7 Å². The van der Waals surface area contributed by atoms with E-state index in [1.807, 2.05) is 0 Å². The predicted octanol–water partition coefficient (Wildman–Crippen LogP) is 0.998. The van der Waals surface area contributed by atoms with Crippen molar-refractivity contribution in [3.05, 3.63) is 30.3 Å². The van der Waals surface area contributed by atoms with Crippen LogP contribution >= 0.6 is 12.4 Å². The van der Waals surface area contributed by atoms with Crippen molar-refractivity contribution in [3.63, 3.8) is 0 Å². The predicted molar refractivity (Wildman–Crippen MR) is 84.3 cm³/mol. The van der Waals surface area contributed by atoms with Gasteiger partial charge in [-0.3, -0.25) is 4.79 Å². The van der Waals surface area contributed by atoms with Crippen molar-refractivity contribution in [1.82, 2.24) is 10.6 Å². The molecule has 1 atom stereocenters. The zero-order chi connectivity index (χ0) is 14.4. The first kappa shape index (κ1) is 17.9. The molecule has 0 aliphatic carbocycles. The molecule has 0 spiro atoms. The number of nitrogens with one attached hydrogen (secondary N) is 2. The molecule has 1 heterocycles. The molecule has 5 nitrogen and oxygen atoms in total. The molecule has 1 aromatic carbocycles. The van der Waals surface area contributed by atoms with E-state index < -0.39 is 9.84 Å². The lowest BCUT2D eigenvalue weighted by atomic mass is 10.1. The van der Waals surface area contributed by atoms with Crippen LogP contribution in [0.25, 0.3) is 0 Å². The minimum Gasteiger partial charge on any atom is -0.356 e. The second-order valence-electron chi connectivity index (χ2n) is 4.97. The van der Waals surface area contributed by atoms with Crippen molar-refractivity contribution in [2.75, 3.05) is 25.4 Å². The number of benzene rings is 1. The van der Waals surface area contributed by atoms with Gasteiger partial charge in [0.2, 0.25) is 5.91 Å². The molecular formula is C14H21ClN2O3S. The second kappa shape index (κ2) is 8.36. The number of amides is 1. The summed E-state index contributed by atoms with van der Waals surface area (Å²) in [6.45, 7) is 2.00. The van der Waals surface area contributed by atoms with Crippen LogP contribution in [-0.2, 0) is 14.6 Å². The summed E-state index contributed by atoms with van der Waals surface area (Å²) in [6.07, 6.45) is 1.29. The van der Waals surface area contributed by atoms with E-state index in [0.717, 1.165) is 13.0 Å². The van der Waals surface area contributed by atoms with Crippen LogP contribution in [0.3, 0.4) is 0 Å². The molecule has 1 aliphatic heterocycles. The topological polar surface area (TPSA) is 75.3 Å². The molecule has 0 bridgehead atoms. The van der Waals surface area contributed by atoms with Gasteiger partial charge >= 0.3 is 0 Å². The lowest BCUT2D eigenvalue weighted by Crippen LogP contribution is -2.33. The van der Waals surface area contributed by atoms with Gasteiger partial charge in [-0.2, -0.15) is 0 Å². The Kier molecular flexibility index (Phi) is 7.14. The smallest absolute Gasteiger partial charge is 0.224 e. The van der Waals surface area contributed by atoms with E-state index in [1.54, 1.807) is 30.3 Å². The molecule has 0 radical (unpaired) electrons. The minimum absolute atomic E-state index is 0. The Hall–Kier alpha value is -1.11. The Morgan fingerprint density at radius 2 is 2.00 bits per heavy atom. The molecule has 1 unspecified atom stereocenters. The second-order valence-corrected chi connectivity index (χ2v) is 7.08. The van der Waals surface area contributed by atoms with Crippen molar-refractivity contribution >= 4 is 28.2 Å². The number of hydrogen-bond acceptors (Lipinski definition) is 4. The van der Waals surface area contributed by atoms with Gasteiger partial charge in [-0.15, -0.1) is 12.4 Å². The molecule has 1 aliphatic rings. The number of halogens is 1. The van der Waals surface area contributed by atoms with E-state index in [9.17, 15) is 13.2 Å². The summed E-state index contributed by atoms with van der Waals surface area (Å²) < 4.78 is 24.0. The molecule has 0 saturated carbocycles. The highest BCUT2D eigenvalue weighted by atomic mass is 35.5. The van der Waals surface area contributed by atoms with Crippen molar-refractivity contribution in [2.45, 2.75) is 17.7 Å². The van der Waals surface area contributed by atoms with Crippen LogP contribution in [0.15, 0.2) is 35.2 Å². The number of carbonyl (C=O) groups is 1. The summed E-state index contributed by atoms with van der Waals surface area (Å²) in [5, 5.41) is 5.94. The maximum absolute atomic E-state index is 12.0. The Labute approximate surface area is 131 Å². The summed E-state index contributed by atoms with van der Waals surface area (Å²) in [4.78, 5) is 12.1. The van der Waals surface area contributed by atoms with Gasteiger partial charge in [0.25, 0.3) is 0 Å². The Bertz CT molecular complexity index is 543. The number of sulfone groups is 1. The van der Waals surface area contributed by atoms with Gasteiger partial charge < -0.3 is 10.6 Å². The summed E-state index contributed by atoms with van der Waals surface area (Å²) in [6, 6.07) is 8.40. The zero-order valence-electron chi connectivity index (χ0n) is 11.7. The van der Waals surface area contributed by atoms with Gasteiger partial charge in [0.1, 0.15) is 0 Å². The van der Waals surface area contributed by atoms with Gasteiger partial charge in [-0.25, -0.2) is 8.42 Å². The van der Waals surface area contributed by atoms with Crippen molar-refractivity contribution in [3.8, 4) is 0 Å². The van der Waals surface area contributed by atoms with E-state index in [4.69, 9.17) is 0 Å². The fraction of sp³-hybridized carbons (Fsp3) is 0.500. The Morgan fingerprint density at radius 1 is 1.29 bits per heavy atom. The largest absolute Gasteiger partial charge is 0.356 e. The molecule has 1 saturated heterocycles. The van der Waals surface area contributed by atoms with Crippen molar-refractivity contribution < 1.29 is 13.2 Å². The molecule has 118 valence electrons. The number of rotatable bonds is 6. The highest BCUT2D eigenvalue weighted by molar-refractivity contribution is 7.91. The lowest BCUT2D eigenvalue weighted by Gasteiger charge is -2.10. The normalized spacial score (nSPS) is 18.0. The van der Waals surface area contributed by atoms with Crippen LogP contribution in [0.1, 0.15) is 12.8 Å². The molecule has 1 aromatic rings. The Morgan fingerprint density at radius 3 is 2.62 bits per heavy atom. The molecular weight excluding hydrogens is 312 g/mol. The molecule has 21 heavy (non-hydrogen) atoms.